The van der Waals surface area contributed by atoms with Crippen LogP contribution in [0.15, 0.2) is 36.7 Å². The fraction of sp³-hybridized carbons (Fsp3) is 0.312. The molecule has 1 atom stereocenters. The molecule has 0 radical (unpaired) electrons. The summed E-state index contributed by atoms with van der Waals surface area (Å²) in [6.45, 7) is 0.506. The molecule has 0 saturated heterocycles. The summed E-state index contributed by atoms with van der Waals surface area (Å²) in [5, 5.41) is 14.7. The van der Waals surface area contributed by atoms with E-state index >= 15 is 0 Å². The first-order valence-electron chi connectivity index (χ1n) is 6.91. The summed E-state index contributed by atoms with van der Waals surface area (Å²) in [6, 6.07) is 7.90. The fourth-order valence-electron chi connectivity index (χ4n) is 2.73. The van der Waals surface area contributed by atoms with Crippen LogP contribution in [-0.4, -0.2) is 22.7 Å². The predicted molar refractivity (Wildman–Crippen MR) is 84.9 cm³/mol. The first-order valence-corrected chi connectivity index (χ1v) is 7.67. The molecule has 110 valence electrons. The Labute approximate surface area is 133 Å². The van der Waals surface area contributed by atoms with Gasteiger partial charge in [-0.15, -0.1) is 0 Å². The Bertz CT molecular complexity index is 603. The maximum absolute atomic E-state index is 10.1. The maximum atomic E-state index is 10.1. The van der Waals surface area contributed by atoms with Crippen LogP contribution in [0.25, 0.3) is 0 Å². The van der Waals surface area contributed by atoms with Crippen LogP contribution >= 0.6 is 23.2 Å². The highest BCUT2D eigenvalue weighted by atomic mass is 35.5. The van der Waals surface area contributed by atoms with Crippen molar-refractivity contribution in [1.29, 1.82) is 0 Å². The quantitative estimate of drug-likeness (QED) is 0.908. The Balaban J connectivity index is 1.59. The number of hydrogen-bond acceptors (Lipinski definition) is 3. The van der Waals surface area contributed by atoms with Crippen LogP contribution < -0.4 is 5.32 Å². The molecule has 3 nitrogen and oxygen atoms in total. The first-order chi connectivity index (χ1) is 10.1. The van der Waals surface area contributed by atoms with E-state index < -0.39 is 6.10 Å². The minimum Gasteiger partial charge on any atom is -0.387 e. The Morgan fingerprint density at radius 3 is 2.48 bits per heavy atom. The second kappa shape index (κ2) is 6.32. The third kappa shape index (κ3) is 3.38. The predicted octanol–water partition coefficient (Wildman–Crippen LogP) is 3.18. The van der Waals surface area contributed by atoms with Gasteiger partial charge in [0, 0.05) is 30.5 Å². The molecule has 1 aliphatic rings. The highest BCUT2D eigenvalue weighted by Gasteiger charge is 2.23. The molecule has 1 aliphatic carbocycles. The van der Waals surface area contributed by atoms with Crippen molar-refractivity contribution in [2.45, 2.75) is 25.0 Å². The normalized spacial score (nSPS) is 16.0. The molecule has 0 unspecified atom stereocenters. The summed E-state index contributed by atoms with van der Waals surface area (Å²) in [5.41, 5.74) is 3.29. The summed E-state index contributed by atoms with van der Waals surface area (Å²) in [7, 11) is 0. The molecule has 1 aromatic heterocycles. The monoisotopic (exact) mass is 322 g/mol. The number of rotatable bonds is 4. The van der Waals surface area contributed by atoms with Crippen LogP contribution in [0.2, 0.25) is 10.0 Å². The van der Waals surface area contributed by atoms with Crippen molar-refractivity contribution in [3.05, 3.63) is 63.4 Å². The number of nitrogens with zero attached hydrogens (tertiary/aromatic N) is 1. The molecule has 0 bridgehead atoms. The fourth-order valence-corrected chi connectivity index (χ4v) is 3.10. The van der Waals surface area contributed by atoms with Gasteiger partial charge in [-0.25, -0.2) is 0 Å². The number of fused-ring (bicyclic) bond motifs is 1. The number of benzene rings is 1. The van der Waals surface area contributed by atoms with E-state index in [9.17, 15) is 5.11 Å². The maximum Gasteiger partial charge on any atom is 0.0929 e. The van der Waals surface area contributed by atoms with Gasteiger partial charge in [-0.3, -0.25) is 4.98 Å². The van der Waals surface area contributed by atoms with Gasteiger partial charge in [0.2, 0.25) is 0 Å². The molecular formula is C16H16Cl2N2O. The number of aliphatic hydroxyl groups excluding tert-OH is 1. The summed E-state index contributed by atoms with van der Waals surface area (Å²) in [5.74, 6) is 0. The molecule has 5 heteroatoms. The minimum absolute atomic E-state index is 0.306. The van der Waals surface area contributed by atoms with E-state index in [1.807, 2.05) is 24.3 Å². The van der Waals surface area contributed by atoms with Crippen molar-refractivity contribution in [3.63, 3.8) is 0 Å². The lowest BCUT2D eigenvalue weighted by Gasteiger charge is -2.16. The first kappa shape index (κ1) is 14.8. The van der Waals surface area contributed by atoms with Crippen LogP contribution in [0.3, 0.4) is 0 Å². The van der Waals surface area contributed by atoms with Crippen molar-refractivity contribution < 1.29 is 5.11 Å². The van der Waals surface area contributed by atoms with Gasteiger partial charge in [0.05, 0.1) is 16.1 Å². The largest absolute Gasteiger partial charge is 0.387 e. The summed E-state index contributed by atoms with van der Waals surface area (Å²) < 4.78 is 0. The minimum atomic E-state index is -0.547. The Morgan fingerprint density at radius 1 is 1.24 bits per heavy atom. The lowest BCUT2D eigenvalue weighted by molar-refractivity contribution is 0.169. The van der Waals surface area contributed by atoms with E-state index in [2.05, 4.69) is 10.3 Å². The summed E-state index contributed by atoms with van der Waals surface area (Å²) >= 11 is 12.1. The third-order valence-electron chi connectivity index (χ3n) is 3.84. The second-order valence-corrected chi connectivity index (χ2v) is 6.17. The molecule has 21 heavy (non-hydrogen) atoms. The molecule has 0 amide bonds. The lowest BCUT2D eigenvalue weighted by atomic mass is 10.1. The molecule has 2 N–H and O–H groups in total. The highest BCUT2D eigenvalue weighted by molar-refractivity contribution is 6.42. The highest BCUT2D eigenvalue weighted by Crippen LogP contribution is 2.31. The lowest BCUT2D eigenvalue weighted by Crippen LogP contribution is -2.33. The van der Waals surface area contributed by atoms with Gasteiger partial charge in [-0.05, 0) is 42.2 Å². The summed E-state index contributed by atoms with van der Waals surface area (Å²) in [6.07, 6.45) is 4.66. The number of nitrogens with one attached hydrogen (secondary N) is 1. The van der Waals surface area contributed by atoms with Gasteiger partial charge in [-0.1, -0.05) is 29.3 Å². The Hall–Kier alpha value is -1.13. The van der Waals surface area contributed by atoms with Crippen LogP contribution in [-0.2, 0) is 12.8 Å². The number of halogens is 2. The standard InChI is InChI=1S/C16H16Cl2N2O/c17-14-6-11-4-13(5-12(11)7-15(14)18)20-9-16(21)10-2-1-3-19-8-10/h1-3,6-8,13,16,20-21H,4-5,9H2/t16-/m0/s1. The van der Waals surface area contributed by atoms with Crippen molar-refractivity contribution >= 4 is 23.2 Å². The number of aromatic nitrogens is 1. The number of hydrogen-bond donors (Lipinski definition) is 2. The molecule has 1 aromatic carbocycles. The molecule has 3 rings (SSSR count). The Kier molecular flexibility index (Phi) is 4.45. The van der Waals surface area contributed by atoms with E-state index in [1.165, 1.54) is 11.1 Å². The van der Waals surface area contributed by atoms with Crippen molar-refractivity contribution in [2.24, 2.45) is 0 Å². The molecule has 0 saturated carbocycles. The molecule has 0 spiro atoms. The average molecular weight is 323 g/mol. The molecule has 1 heterocycles. The average Bonchev–Trinajstić information content (AvgIpc) is 2.88. The van der Waals surface area contributed by atoms with E-state index in [0.29, 0.717) is 22.6 Å². The van der Waals surface area contributed by atoms with Crippen LogP contribution in [0.1, 0.15) is 22.8 Å². The van der Waals surface area contributed by atoms with Crippen molar-refractivity contribution in [1.82, 2.24) is 10.3 Å². The zero-order chi connectivity index (χ0) is 14.8. The molecule has 2 aromatic rings. The van der Waals surface area contributed by atoms with Crippen molar-refractivity contribution in [2.75, 3.05) is 6.54 Å². The van der Waals surface area contributed by atoms with Gasteiger partial charge in [0.15, 0.2) is 0 Å². The van der Waals surface area contributed by atoms with Crippen LogP contribution in [0.5, 0.6) is 0 Å². The van der Waals surface area contributed by atoms with Crippen LogP contribution in [0, 0.1) is 0 Å². The molecule has 0 aliphatic heterocycles. The number of aliphatic hydroxyl groups is 1. The Morgan fingerprint density at radius 2 is 1.90 bits per heavy atom. The van der Waals surface area contributed by atoms with E-state index in [1.54, 1.807) is 12.4 Å². The van der Waals surface area contributed by atoms with Gasteiger partial charge in [0.1, 0.15) is 0 Å². The van der Waals surface area contributed by atoms with E-state index in [4.69, 9.17) is 23.2 Å². The summed E-state index contributed by atoms with van der Waals surface area (Å²) in [4.78, 5) is 4.02. The van der Waals surface area contributed by atoms with Gasteiger partial charge < -0.3 is 10.4 Å². The zero-order valence-electron chi connectivity index (χ0n) is 11.4. The van der Waals surface area contributed by atoms with E-state index in [0.717, 1.165) is 18.4 Å². The smallest absolute Gasteiger partial charge is 0.0929 e. The van der Waals surface area contributed by atoms with Gasteiger partial charge in [0.25, 0.3) is 0 Å². The topological polar surface area (TPSA) is 45.1 Å². The van der Waals surface area contributed by atoms with Gasteiger partial charge >= 0.3 is 0 Å². The zero-order valence-corrected chi connectivity index (χ0v) is 12.9. The van der Waals surface area contributed by atoms with Crippen molar-refractivity contribution in [3.8, 4) is 0 Å². The second-order valence-electron chi connectivity index (χ2n) is 5.35. The van der Waals surface area contributed by atoms with Crippen LogP contribution in [0.4, 0.5) is 0 Å². The third-order valence-corrected chi connectivity index (χ3v) is 4.57. The SMILES string of the molecule is O[C@@H](CNC1Cc2cc(Cl)c(Cl)cc2C1)c1cccnc1. The number of pyridine rings is 1. The van der Waals surface area contributed by atoms with E-state index in [-0.39, 0.29) is 0 Å². The molecule has 0 fully saturated rings. The molecular weight excluding hydrogens is 307 g/mol. The van der Waals surface area contributed by atoms with Gasteiger partial charge in [-0.2, -0.15) is 0 Å².